The number of urea groups is 1. The summed E-state index contributed by atoms with van der Waals surface area (Å²) in [5.41, 5.74) is 1.09. The van der Waals surface area contributed by atoms with E-state index >= 15 is 0 Å². The van der Waals surface area contributed by atoms with E-state index in [1.807, 2.05) is 42.5 Å². The minimum atomic E-state index is -0.214. The van der Waals surface area contributed by atoms with Crippen LogP contribution in [-0.4, -0.2) is 83.3 Å². The lowest BCUT2D eigenvalue weighted by Crippen LogP contribution is -2.51. The van der Waals surface area contributed by atoms with Gasteiger partial charge in [0.05, 0.1) is 26.9 Å². The van der Waals surface area contributed by atoms with Crippen LogP contribution in [0.4, 0.5) is 4.79 Å². The lowest BCUT2D eigenvalue weighted by molar-refractivity contribution is 0.0341. The summed E-state index contributed by atoms with van der Waals surface area (Å²) in [6.45, 7) is 5.77. The van der Waals surface area contributed by atoms with Crippen molar-refractivity contribution in [3.05, 3.63) is 48.0 Å². The Morgan fingerprint density at radius 3 is 2.50 bits per heavy atom. The number of ether oxygens (including phenoxy) is 5. The average molecular weight is 472 g/mol. The van der Waals surface area contributed by atoms with Crippen LogP contribution >= 0.6 is 0 Å². The summed E-state index contributed by atoms with van der Waals surface area (Å²) < 4.78 is 27.6. The first-order valence-corrected chi connectivity index (χ1v) is 11.7. The summed E-state index contributed by atoms with van der Waals surface area (Å²) in [4.78, 5) is 14.9. The van der Waals surface area contributed by atoms with Crippen molar-refractivity contribution < 1.29 is 28.5 Å². The standard InChI is InChI=1S/C25H33N3O6/c1-30-21-3-5-22(6-4-21)32-11-8-26-25(29)27-20(18-28-9-12-31-13-10-28)16-19-2-7-23-24(17-19)34-15-14-33-23/h2-7,17,20H,8-16,18H2,1H3,(H2,26,27,29). The molecule has 2 amide bonds. The molecule has 1 saturated heterocycles. The molecule has 2 aromatic rings. The van der Waals surface area contributed by atoms with Crippen molar-refractivity contribution in [3.8, 4) is 23.0 Å². The van der Waals surface area contributed by atoms with Gasteiger partial charge in [0.2, 0.25) is 0 Å². The van der Waals surface area contributed by atoms with Crippen LogP contribution in [0, 0.1) is 0 Å². The predicted molar refractivity (Wildman–Crippen MR) is 127 cm³/mol. The SMILES string of the molecule is COc1ccc(OCCNC(=O)NC(Cc2ccc3c(c2)OCCO3)CN2CCOCC2)cc1. The number of rotatable bonds is 10. The van der Waals surface area contributed by atoms with Gasteiger partial charge in [0.25, 0.3) is 0 Å². The van der Waals surface area contributed by atoms with Crippen molar-refractivity contribution >= 4 is 6.03 Å². The first-order chi connectivity index (χ1) is 16.7. The van der Waals surface area contributed by atoms with Crippen LogP contribution in [0.3, 0.4) is 0 Å². The summed E-state index contributed by atoms with van der Waals surface area (Å²) in [5.74, 6) is 3.03. The number of fused-ring (bicyclic) bond motifs is 1. The van der Waals surface area contributed by atoms with Gasteiger partial charge in [-0.1, -0.05) is 6.07 Å². The number of morpholine rings is 1. The van der Waals surface area contributed by atoms with Crippen molar-refractivity contribution in [2.45, 2.75) is 12.5 Å². The number of benzene rings is 2. The molecule has 34 heavy (non-hydrogen) atoms. The minimum absolute atomic E-state index is 0.0665. The molecule has 9 heteroatoms. The Hall–Kier alpha value is -3.17. The van der Waals surface area contributed by atoms with E-state index in [2.05, 4.69) is 15.5 Å². The molecule has 0 aromatic heterocycles. The molecule has 2 N–H and O–H groups in total. The molecule has 1 atom stereocenters. The van der Waals surface area contributed by atoms with Gasteiger partial charge in [0.1, 0.15) is 31.3 Å². The summed E-state index contributed by atoms with van der Waals surface area (Å²) in [7, 11) is 1.62. The number of methoxy groups -OCH3 is 1. The van der Waals surface area contributed by atoms with Gasteiger partial charge in [-0.15, -0.1) is 0 Å². The lowest BCUT2D eigenvalue weighted by atomic mass is 10.0. The molecule has 4 rings (SSSR count). The number of carbonyl (C=O) groups excluding carboxylic acids is 1. The molecule has 184 valence electrons. The number of carbonyl (C=O) groups is 1. The molecule has 2 aromatic carbocycles. The number of hydrogen-bond donors (Lipinski definition) is 2. The minimum Gasteiger partial charge on any atom is -0.497 e. The van der Waals surface area contributed by atoms with Gasteiger partial charge < -0.3 is 34.3 Å². The highest BCUT2D eigenvalue weighted by Crippen LogP contribution is 2.31. The fraction of sp³-hybridized carbons (Fsp3) is 0.480. The highest BCUT2D eigenvalue weighted by molar-refractivity contribution is 5.74. The van der Waals surface area contributed by atoms with E-state index in [1.54, 1.807) is 7.11 Å². The zero-order chi connectivity index (χ0) is 23.6. The average Bonchev–Trinajstić information content (AvgIpc) is 2.87. The van der Waals surface area contributed by atoms with Gasteiger partial charge in [0.15, 0.2) is 11.5 Å². The van der Waals surface area contributed by atoms with Gasteiger partial charge in [-0.05, 0) is 48.4 Å². The van der Waals surface area contributed by atoms with E-state index in [0.29, 0.717) is 46.0 Å². The third kappa shape index (κ3) is 7.16. The molecular weight excluding hydrogens is 438 g/mol. The summed E-state index contributed by atoms with van der Waals surface area (Å²) in [5, 5.41) is 6.02. The zero-order valence-corrected chi connectivity index (χ0v) is 19.6. The number of hydrogen-bond acceptors (Lipinski definition) is 7. The topological polar surface area (TPSA) is 90.5 Å². The van der Waals surface area contributed by atoms with Gasteiger partial charge in [-0.3, -0.25) is 4.90 Å². The Bertz CT molecular complexity index is 917. The van der Waals surface area contributed by atoms with Crippen LogP contribution in [0.5, 0.6) is 23.0 Å². The van der Waals surface area contributed by atoms with E-state index in [4.69, 9.17) is 23.7 Å². The Labute approximate surface area is 200 Å². The number of amides is 2. The second-order valence-corrected chi connectivity index (χ2v) is 8.22. The van der Waals surface area contributed by atoms with E-state index in [-0.39, 0.29) is 12.1 Å². The summed E-state index contributed by atoms with van der Waals surface area (Å²) >= 11 is 0. The first kappa shape index (κ1) is 24.0. The van der Waals surface area contributed by atoms with Crippen molar-refractivity contribution in [2.75, 3.05) is 66.3 Å². The van der Waals surface area contributed by atoms with Crippen molar-refractivity contribution in [2.24, 2.45) is 0 Å². The Morgan fingerprint density at radius 1 is 1.00 bits per heavy atom. The van der Waals surface area contributed by atoms with Crippen LogP contribution in [0.1, 0.15) is 5.56 Å². The van der Waals surface area contributed by atoms with Crippen molar-refractivity contribution in [3.63, 3.8) is 0 Å². The van der Waals surface area contributed by atoms with E-state index < -0.39 is 0 Å². The molecule has 2 aliphatic rings. The van der Waals surface area contributed by atoms with E-state index in [9.17, 15) is 4.79 Å². The van der Waals surface area contributed by atoms with Crippen molar-refractivity contribution in [1.82, 2.24) is 15.5 Å². The maximum Gasteiger partial charge on any atom is 0.315 e. The maximum atomic E-state index is 12.6. The van der Waals surface area contributed by atoms with Crippen molar-refractivity contribution in [1.29, 1.82) is 0 Å². The second-order valence-electron chi connectivity index (χ2n) is 8.22. The first-order valence-electron chi connectivity index (χ1n) is 11.7. The summed E-state index contributed by atoms with van der Waals surface area (Å²) in [6, 6.07) is 13.0. The summed E-state index contributed by atoms with van der Waals surface area (Å²) in [6.07, 6.45) is 0.684. The van der Waals surface area contributed by atoms with Crippen LogP contribution < -0.4 is 29.6 Å². The molecule has 1 fully saturated rings. The van der Waals surface area contributed by atoms with E-state index in [0.717, 1.165) is 48.2 Å². The van der Waals surface area contributed by atoms with Crippen LogP contribution in [0.15, 0.2) is 42.5 Å². The van der Waals surface area contributed by atoms with Gasteiger partial charge in [0, 0.05) is 25.7 Å². The molecule has 0 bridgehead atoms. The normalized spacial score (nSPS) is 16.4. The second kappa shape index (κ2) is 12.3. The molecule has 0 aliphatic carbocycles. The molecule has 1 unspecified atom stereocenters. The number of nitrogens with zero attached hydrogens (tertiary/aromatic N) is 1. The zero-order valence-electron chi connectivity index (χ0n) is 19.6. The molecule has 9 nitrogen and oxygen atoms in total. The third-order valence-corrected chi connectivity index (χ3v) is 5.72. The van der Waals surface area contributed by atoms with Crippen LogP contribution in [0.2, 0.25) is 0 Å². The number of nitrogens with one attached hydrogen (secondary N) is 2. The highest BCUT2D eigenvalue weighted by Gasteiger charge is 2.20. The molecule has 0 spiro atoms. The van der Waals surface area contributed by atoms with E-state index in [1.165, 1.54) is 0 Å². The largest absolute Gasteiger partial charge is 0.497 e. The predicted octanol–water partition coefficient (Wildman–Crippen LogP) is 2.09. The van der Waals surface area contributed by atoms with Crippen LogP contribution in [0.25, 0.3) is 0 Å². The fourth-order valence-electron chi connectivity index (χ4n) is 4.00. The Balaban J connectivity index is 1.28. The monoisotopic (exact) mass is 471 g/mol. The molecular formula is C25H33N3O6. The smallest absolute Gasteiger partial charge is 0.315 e. The highest BCUT2D eigenvalue weighted by atomic mass is 16.6. The Morgan fingerprint density at radius 2 is 1.74 bits per heavy atom. The lowest BCUT2D eigenvalue weighted by Gasteiger charge is -2.31. The molecule has 2 heterocycles. The molecule has 2 aliphatic heterocycles. The Kier molecular flexibility index (Phi) is 8.70. The van der Waals surface area contributed by atoms with Gasteiger partial charge in [-0.25, -0.2) is 4.79 Å². The maximum absolute atomic E-state index is 12.6. The van der Waals surface area contributed by atoms with Crippen LogP contribution in [-0.2, 0) is 11.2 Å². The van der Waals surface area contributed by atoms with Gasteiger partial charge >= 0.3 is 6.03 Å². The molecule has 0 radical (unpaired) electrons. The van der Waals surface area contributed by atoms with Gasteiger partial charge in [-0.2, -0.15) is 0 Å². The third-order valence-electron chi connectivity index (χ3n) is 5.72. The fourth-order valence-corrected chi connectivity index (χ4v) is 4.00. The molecule has 0 saturated carbocycles. The quantitative estimate of drug-likeness (QED) is 0.513.